The number of para-hydroxylation sites is 2. The molecule has 0 bridgehead atoms. The predicted molar refractivity (Wildman–Crippen MR) is 209 cm³/mol. The summed E-state index contributed by atoms with van der Waals surface area (Å²) in [4.78, 5) is 23.1. The molecule has 0 unspecified atom stereocenters. The molecule has 0 spiro atoms. The minimum Gasteiger partial charge on any atom is -0.389 e. The molecule has 2 atom stereocenters. The quantitative estimate of drug-likeness (QED) is 0.170. The molecule has 0 amide bonds. The van der Waals surface area contributed by atoms with E-state index in [2.05, 4.69) is 54.4 Å². The maximum absolute atomic E-state index is 14.4. The van der Waals surface area contributed by atoms with Crippen LogP contribution in [0.1, 0.15) is 89.9 Å². The monoisotopic (exact) mass is 776 g/mol. The van der Waals surface area contributed by atoms with Gasteiger partial charge in [-0.25, -0.2) is 8.78 Å². The minimum atomic E-state index is -0.333. The van der Waals surface area contributed by atoms with Crippen molar-refractivity contribution in [3.05, 3.63) is 71.2 Å². The number of ketones is 1. The van der Waals surface area contributed by atoms with Gasteiger partial charge < -0.3 is 24.0 Å². The zero-order chi connectivity index (χ0) is 39.4. The van der Waals surface area contributed by atoms with Gasteiger partial charge in [0.05, 0.1) is 11.4 Å². The van der Waals surface area contributed by atoms with Crippen LogP contribution in [0.15, 0.2) is 45.4 Å². The van der Waals surface area contributed by atoms with E-state index in [0.717, 1.165) is 74.0 Å². The number of aliphatic hydroxyl groups excluding tert-OH is 1. The third-order valence-corrected chi connectivity index (χ3v) is 9.88. The van der Waals surface area contributed by atoms with Crippen molar-refractivity contribution in [2.45, 2.75) is 79.6 Å². The molecule has 14 nitrogen and oxygen atoms in total. The van der Waals surface area contributed by atoms with Gasteiger partial charge in [-0.3, -0.25) is 4.79 Å². The van der Waals surface area contributed by atoms with Crippen molar-refractivity contribution in [1.82, 2.24) is 49.6 Å². The predicted octanol–water partition coefficient (Wildman–Crippen LogP) is 6.53. The molecule has 0 saturated carbocycles. The highest BCUT2D eigenvalue weighted by atomic mass is 19.1. The normalized spacial score (nSPS) is 17.4. The molecule has 0 radical (unpaired) electrons. The second kappa shape index (κ2) is 18.3. The van der Waals surface area contributed by atoms with E-state index in [0.29, 0.717) is 46.5 Å². The summed E-state index contributed by atoms with van der Waals surface area (Å²) in [7, 11) is 4.23. The molecule has 6 aromatic rings. The Hall–Kier alpha value is -4.93. The Balaban J connectivity index is 0.000000188. The van der Waals surface area contributed by atoms with Gasteiger partial charge in [-0.15, -0.1) is 0 Å². The summed E-state index contributed by atoms with van der Waals surface area (Å²) in [5.74, 6) is 2.30. The van der Waals surface area contributed by atoms with Crippen LogP contribution in [0.2, 0.25) is 0 Å². The van der Waals surface area contributed by atoms with Crippen LogP contribution >= 0.6 is 0 Å². The number of carbonyl (C=O) groups is 1. The fourth-order valence-corrected chi connectivity index (χ4v) is 7.15. The van der Waals surface area contributed by atoms with Gasteiger partial charge in [0, 0.05) is 36.7 Å². The summed E-state index contributed by atoms with van der Waals surface area (Å²) in [5.41, 5.74) is 2.47. The highest BCUT2D eigenvalue weighted by molar-refractivity contribution is 5.85. The zero-order valence-corrected chi connectivity index (χ0v) is 32.5. The van der Waals surface area contributed by atoms with Crippen LogP contribution in [0, 0.1) is 23.5 Å². The van der Waals surface area contributed by atoms with E-state index in [1.165, 1.54) is 28.4 Å². The van der Waals surface area contributed by atoms with Gasteiger partial charge in [-0.05, 0) is 93.1 Å². The third-order valence-electron chi connectivity index (χ3n) is 9.88. The molecule has 302 valence electrons. The van der Waals surface area contributed by atoms with E-state index in [-0.39, 0.29) is 43.3 Å². The van der Waals surface area contributed by atoms with Gasteiger partial charge in [-0.2, -0.15) is 29.5 Å². The average molecular weight is 777 g/mol. The van der Waals surface area contributed by atoms with Crippen LogP contribution < -0.4 is 0 Å². The van der Waals surface area contributed by atoms with Gasteiger partial charge in [0.2, 0.25) is 11.8 Å². The number of nitrogens with zero attached hydrogens (tertiary/aromatic N) is 10. The van der Waals surface area contributed by atoms with Crippen molar-refractivity contribution in [3.63, 3.8) is 0 Å². The molecule has 16 heteroatoms. The van der Waals surface area contributed by atoms with Crippen LogP contribution in [0.3, 0.4) is 0 Å². The first-order valence-corrected chi connectivity index (χ1v) is 18.8. The summed E-state index contributed by atoms with van der Waals surface area (Å²) in [6.07, 6.45) is 3.75. The smallest absolute Gasteiger partial charge is 0.291 e. The first-order chi connectivity index (χ1) is 26.3. The molecule has 6 heterocycles. The molecule has 2 fully saturated rings. The molecule has 1 N–H and O–H groups in total. The fraction of sp³-hybridized carbons (Fsp3) is 0.525. The van der Waals surface area contributed by atoms with Crippen LogP contribution in [-0.2, 0) is 17.6 Å². The van der Waals surface area contributed by atoms with Gasteiger partial charge in [0.15, 0.2) is 5.78 Å². The summed E-state index contributed by atoms with van der Waals surface area (Å²) in [5, 5.41) is 26.6. The number of hydrogen-bond acceptors (Lipinski definition) is 12. The number of halogens is 2. The molecular weight excluding hydrogens is 723 g/mol. The minimum absolute atomic E-state index is 0. The first kappa shape index (κ1) is 42.2. The summed E-state index contributed by atoms with van der Waals surface area (Å²) < 4.78 is 42.6. The first-order valence-electron chi connectivity index (χ1n) is 18.8. The molecule has 4 aromatic heterocycles. The number of rotatable bonds is 9. The number of likely N-dealkylation sites (tertiary alicyclic amines) is 2. The topological polar surface area (TPSA) is 157 Å². The number of aromatic nitrogens is 8. The molecule has 2 aliphatic heterocycles. The van der Waals surface area contributed by atoms with Gasteiger partial charge in [0.1, 0.15) is 29.3 Å². The Morgan fingerprint density at radius 2 is 1.16 bits per heavy atom. The van der Waals surface area contributed by atoms with Crippen molar-refractivity contribution >= 4 is 27.6 Å². The lowest BCUT2D eigenvalue weighted by atomic mass is 10.1. The Kier molecular flexibility index (Phi) is 13.8. The van der Waals surface area contributed by atoms with E-state index in [9.17, 15) is 13.6 Å². The molecule has 8 rings (SSSR count). The Bertz CT molecular complexity index is 2080. The van der Waals surface area contributed by atoms with Crippen LogP contribution in [0.5, 0.6) is 0 Å². The second-order valence-electron chi connectivity index (χ2n) is 15.3. The lowest BCUT2D eigenvalue weighted by molar-refractivity contribution is -0.119. The van der Waals surface area contributed by atoms with E-state index in [1.807, 2.05) is 39.8 Å². The van der Waals surface area contributed by atoms with Crippen molar-refractivity contribution < 1.29 is 27.7 Å². The SMILES string of the molecule is C.CC(=O)CO.CC(C)c1nn(-c2noc(C[C@H]3CCN(C)C3)n2)c2c(F)cccc12.CC(C)c1nn(-c2noc(C[C@H]3CCN(C)C3)n2)c2c(F)cccc12. The number of fused-ring (bicyclic) bond motifs is 2. The average Bonchev–Trinajstić information content (AvgIpc) is 3.99. The Morgan fingerprint density at radius 1 is 0.768 bits per heavy atom. The summed E-state index contributed by atoms with van der Waals surface area (Å²) >= 11 is 0. The van der Waals surface area contributed by atoms with E-state index in [4.69, 9.17) is 14.2 Å². The van der Waals surface area contributed by atoms with Crippen molar-refractivity contribution in [1.29, 1.82) is 0 Å². The van der Waals surface area contributed by atoms with Crippen molar-refractivity contribution in [3.8, 4) is 11.9 Å². The maximum Gasteiger partial charge on any atom is 0.291 e. The van der Waals surface area contributed by atoms with Crippen molar-refractivity contribution in [2.24, 2.45) is 11.8 Å². The lowest BCUT2D eigenvalue weighted by Crippen LogP contribution is -2.15. The van der Waals surface area contributed by atoms with Gasteiger partial charge in [0.25, 0.3) is 11.9 Å². The number of Topliss-reactive ketones (excluding diaryl/α,β-unsaturated/α-hetero) is 1. The molecule has 2 saturated heterocycles. The van der Waals surface area contributed by atoms with Crippen LogP contribution in [0.4, 0.5) is 8.78 Å². The summed E-state index contributed by atoms with van der Waals surface area (Å²) in [6, 6.07) is 10.0. The Morgan fingerprint density at radius 3 is 1.48 bits per heavy atom. The van der Waals surface area contributed by atoms with E-state index in [1.54, 1.807) is 12.1 Å². The molecule has 0 aliphatic carbocycles. The molecule has 2 aromatic carbocycles. The van der Waals surface area contributed by atoms with Gasteiger partial charge >= 0.3 is 0 Å². The largest absolute Gasteiger partial charge is 0.389 e. The Labute approximate surface area is 325 Å². The van der Waals surface area contributed by atoms with E-state index < -0.39 is 0 Å². The van der Waals surface area contributed by atoms with Gasteiger partial charge in [-0.1, -0.05) is 59.4 Å². The lowest BCUT2D eigenvalue weighted by Gasteiger charge is -2.06. The molecule has 56 heavy (non-hydrogen) atoms. The number of benzene rings is 2. The highest BCUT2D eigenvalue weighted by Crippen LogP contribution is 2.30. The summed E-state index contributed by atoms with van der Waals surface area (Å²) in [6.45, 7) is 13.4. The third kappa shape index (κ3) is 9.53. The zero-order valence-electron chi connectivity index (χ0n) is 32.5. The number of aliphatic hydroxyl groups is 1. The van der Waals surface area contributed by atoms with Crippen molar-refractivity contribution in [2.75, 3.05) is 46.9 Å². The van der Waals surface area contributed by atoms with E-state index >= 15 is 0 Å². The molecule has 2 aliphatic rings. The highest BCUT2D eigenvalue weighted by Gasteiger charge is 2.26. The second-order valence-corrected chi connectivity index (χ2v) is 15.3. The molecular formula is C40H54F2N10O4. The standard InChI is InChI=1S/2C18H22FN5O.C3H6O2.CH4/c2*1-11(2)16-13-5-4-6-14(19)17(13)24(21-16)18-20-15(25-22-18)9-12-7-8-23(3)10-12;1-3(5)2-4;/h2*4-6,11-12H,7-10H2,1-3H3;4H,2H2,1H3;1H4/t2*12-;;/m11../s1. The number of hydrogen-bond donors (Lipinski definition) is 1. The number of carbonyl (C=O) groups excluding carboxylic acids is 1. The van der Waals surface area contributed by atoms with Crippen LogP contribution in [0.25, 0.3) is 33.7 Å². The fourth-order valence-electron chi connectivity index (χ4n) is 7.15. The maximum atomic E-state index is 14.4. The van der Waals surface area contributed by atoms with Crippen LogP contribution in [-0.4, -0.2) is 107 Å².